The lowest BCUT2D eigenvalue weighted by Crippen LogP contribution is -2.28. The summed E-state index contributed by atoms with van der Waals surface area (Å²) < 4.78 is 16.1. The average molecular weight is 410 g/mol. The molecule has 6 nitrogen and oxygen atoms in total. The van der Waals surface area contributed by atoms with Crippen LogP contribution in [-0.4, -0.2) is 51.3 Å². The predicted molar refractivity (Wildman–Crippen MR) is 97.0 cm³/mol. The topological polar surface area (TPSA) is 65.1 Å². The molecule has 1 aromatic rings. The molecule has 25 heavy (non-hydrogen) atoms. The van der Waals surface area contributed by atoms with E-state index in [1.165, 1.54) is 12.0 Å². The van der Waals surface area contributed by atoms with Crippen molar-refractivity contribution in [2.24, 2.45) is 0 Å². The van der Waals surface area contributed by atoms with Gasteiger partial charge in [0, 0.05) is 29.4 Å². The summed E-state index contributed by atoms with van der Waals surface area (Å²) in [5.74, 6) is -0.219. The first-order valence-electron chi connectivity index (χ1n) is 7.60. The highest BCUT2D eigenvalue weighted by Gasteiger charge is 2.36. The smallest absolute Gasteiger partial charge is 0.340 e. The molecule has 0 bridgehead atoms. The number of rotatable bonds is 6. The Hall–Kier alpha value is -2.12. The van der Waals surface area contributed by atoms with Crippen molar-refractivity contribution in [3.8, 4) is 5.75 Å². The van der Waals surface area contributed by atoms with Gasteiger partial charge in [0.1, 0.15) is 5.75 Å². The molecule has 2 rings (SSSR count). The van der Waals surface area contributed by atoms with Gasteiger partial charge in [-0.3, -0.25) is 4.79 Å². The van der Waals surface area contributed by atoms with Crippen molar-refractivity contribution in [3.05, 3.63) is 45.1 Å². The zero-order valence-electron chi connectivity index (χ0n) is 14.6. The minimum atomic E-state index is -0.550. The van der Waals surface area contributed by atoms with Crippen molar-refractivity contribution in [2.45, 2.75) is 6.92 Å². The van der Waals surface area contributed by atoms with Gasteiger partial charge in [-0.1, -0.05) is 15.9 Å². The Balaban J connectivity index is 2.56. The van der Waals surface area contributed by atoms with Crippen molar-refractivity contribution in [3.63, 3.8) is 0 Å². The van der Waals surface area contributed by atoms with Crippen LogP contribution in [0.2, 0.25) is 0 Å². The Bertz CT molecular complexity index is 754. The maximum absolute atomic E-state index is 12.8. The fourth-order valence-corrected chi connectivity index (χ4v) is 3.03. The molecule has 0 N–H and O–H groups in total. The number of carbonyl (C=O) groups excluding carboxylic acids is 2. The molecular weight excluding hydrogens is 390 g/mol. The summed E-state index contributed by atoms with van der Waals surface area (Å²) in [6, 6.07) is 5.44. The summed E-state index contributed by atoms with van der Waals surface area (Å²) in [4.78, 5) is 26.6. The van der Waals surface area contributed by atoms with Gasteiger partial charge in [-0.15, -0.1) is 0 Å². The number of nitrogens with zero attached hydrogens (tertiary/aromatic N) is 1. The lowest BCUT2D eigenvalue weighted by atomic mass is 10.0. The molecule has 1 heterocycles. The summed E-state index contributed by atoms with van der Waals surface area (Å²) in [6.45, 7) is 2.44. The average Bonchev–Trinajstić information content (AvgIpc) is 2.83. The van der Waals surface area contributed by atoms with E-state index in [0.29, 0.717) is 30.2 Å². The van der Waals surface area contributed by atoms with Crippen molar-refractivity contribution in [1.29, 1.82) is 0 Å². The van der Waals surface area contributed by atoms with Gasteiger partial charge in [0.25, 0.3) is 5.91 Å². The second-order valence-corrected chi connectivity index (χ2v) is 6.26. The Labute approximate surface area is 155 Å². The quantitative estimate of drug-likeness (QED) is 0.533. The van der Waals surface area contributed by atoms with Crippen molar-refractivity contribution < 1.29 is 23.8 Å². The van der Waals surface area contributed by atoms with Gasteiger partial charge in [0.05, 0.1) is 32.0 Å². The molecule has 0 aliphatic carbocycles. The highest BCUT2D eigenvalue weighted by molar-refractivity contribution is 9.10. The second kappa shape index (κ2) is 8.31. The number of esters is 1. The molecule has 0 fully saturated rings. The summed E-state index contributed by atoms with van der Waals surface area (Å²) in [7, 11) is 4.40. The van der Waals surface area contributed by atoms with Crippen LogP contribution < -0.4 is 4.74 Å². The van der Waals surface area contributed by atoms with E-state index in [0.717, 1.165) is 4.47 Å². The molecule has 1 aromatic carbocycles. The van der Waals surface area contributed by atoms with Gasteiger partial charge in [-0.05, 0) is 31.2 Å². The van der Waals surface area contributed by atoms with E-state index in [1.807, 2.05) is 12.1 Å². The van der Waals surface area contributed by atoms with Crippen molar-refractivity contribution >= 4 is 33.9 Å². The third-order valence-electron chi connectivity index (χ3n) is 3.91. The van der Waals surface area contributed by atoms with E-state index >= 15 is 0 Å². The Morgan fingerprint density at radius 3 is 2.60 bits per heavy atom. The van der Waals surface area contributed by atoms with Crippen molar-refractivity contribution in [2.75, 3.05) is 34.5 Å². The van der Waals surface area contributed by atoms with Gasteiger partial charge in [0.2, 0.25) is 0 Å². The molecule has 134 valence electrons. The number of hydrogen-bond donors (Lipinski definition) is 0. The third kappa shape index (κ3) is 3.93. The number of methoxy groups -OCH3 is 3. The van der Waals surface area contributed by atoms with Crippen LogP contribution in [0.5, 0.6) is 5.75 Å². The molecule has 0 saturated heterocycles. The van der Waals surface area contributed by atoms with E-state index in [9.17, 15) is 9.59 Å². The van der Waals surface area contributed by atoms with E-state index in [4.69, 9.17) is 14.2 Å². The number of hydrogen-bond acceptors (Lipinski definition) is 5. The highest BCUT2D eigenvalue weighted by Crippen LogP contribution is 2.33. The standard InChI is InChI=1S/C18H20BrNO5/c1-11-16(18(22)25-4)14(17(21)20(11)7-8-23-2)10-12-9-13(19)5-6-15(12)24-3/h5-6,9-10H,7-8H2,1-4H3/b14-10-. The van der Waals surface area contributed by atoms with Crippen LogP contribution in [0.3, 0.4) is 0 Å². The fourth-order valence-electron chi connectivity index (χ4n) is 2.65. The summed E-state index contributed by atoms with van der Waals surface area (Å²) in [5.41, 5.74) is 1.76. The Morgan fingerprint density at radius 2 is 2.00 bits per heavy atom. The zero-order valence-corrected chi connectivity index (χ0v) is 16.2. The van der Waals surface area contributed by atoms with Crippen LogP contribution in [0.25, 0.3) is 6.08 Å². The lowest BCUT2D eigenvalue weighted by Gasteiger charge is -2.16. The first kappa shape index (κ1) is 19.2. The van der Waals surface area contributed by atoms with E-state index in [1.54, 1.807) is 33.3 Å². The summed E-state index contributed by atoms with van der Waals surface area (Å²) >= 11 is 3.41. The van der Waals surface area contributed by atoms with Crippen LogP contribution in [0, 0.1) is 0 Å². The van der Waals surface area contributed by atoms with Gasteiger partial charge in [0.15, 0.2) is 0 Å². The SMILES string of the molecule is COCCN1C(=O)/C(=C\c2cc(Br)ccc2OC)C(C(=O)OC)=C1C. The normalized spacial score (nSPS) is 16.0. The van der Waals surface area contributed by atoms with E-state index in [2.05, 4.69) is 15.9 Å². The molecule has 1 amide bonds. The summed E-state index contributed by atoms with van der Waals surface area (Å²) in [6.07, 6.45) is 1.65. The van der Waals surface area contributed by atoms with Gasteiger partial charge in [-0.25, -0.2) is 4.79 Å². The molecule has 0 spiro atoms. The molecule has 7 heteroatoms. The number of benzene rings is 1. The first-order chi connectivity index (χ1) is 11.9. The number of amides is 1. The highest BCUT2D eigenvalue weighted by atomic mass is 79.9. The van der Waals surface area contributed by atoms with Gasteiger partial charge >= 0.3 is 5.97 Å². The van der Waals surface area contributed by atoms with Gasteiger partial charge in [-0.2, -0.15) is 0 Å². The van der Waals surface area contributed by atoms with E-state index in [-0.39, 0.29) is 17.1 Å². The van der Waals surface area contributed by atoms with Gasteiger partial charge < -0.3 is 19.1 Å². The fraction of sp³-hybridized carbons (Fsp3) is 0.333. The molecule has 0 unspecified atom stereocenters. The minimum absolute atomic E-state index is 0.255. The number of allylic oxidation sites excluding steroid dienone is 1. The van der Waals surface area contributed by atoms with Crippen LogP contribution in [0.15, 0.2) is 39.5 Å². The predicted octanol–water partition coefficient (Wildman–Crippen LogP) is 2.78. The maximum Gasteiger partial charge on any atom is 0.340 e. The third-order valence-corrected chi connectivity index (χ3v) is 4.40. The molecular formula is C18H20BrNO5. The van der Waals surface area contributed by atoms with Crippen LogP contribution in [-0.2, 0) is 19.1 Å². The Morgan fingerprint density at radius 1 is 1.28 bits per heavy atom. The van der Waals surface area contributed by atoms with Crippen LogP contribution >= 0.6 is 15.9 Å². The molecule has 0 atom stereocenters. The summed E-state index contributed by atoms with van der Waals surface area (Å²) in [5, 5.41) is 0. The monoisotopic (exact) mass is 409 g/mol. The molecule has 1 aliphatic heterocycles. The largest absolute Gasteiger partial charge is 0.496 e. The maximum atomic E-state index is 12.8. The number of carbonyl (C=O) groups is 2. The lowest BCUT2D eigenvalue weighted by molar-refractivity contribution is -0.136. The molecule has 0 radical (unpaired) electrons. The van der Waals surface area contributed by atoms with Crippen LogP contribution in [0.1, 0.15) is 12.5 Å². The minimum Gasteiger partial charge on any atom is -0.496 e. The first-order valence-corrected chi connectivity index (χ1v) is 8.39. The van der Waals surface area contributed by atoms with Crippen molar-refractivity contribution in [1.82, 2.24) is 4.90 Å². The zero-order chi connectivity index (χ0) is 18.6. The second-order valence-electron chi connectivity index (χ2n) is 5.35. The molecule has 0 aromatic heterocycles. The Kier molecular flexibility index (Phi) is 6.39. The number of halogens is 1. The van der Waals surface area contributed by atoms with E-state index < -0.39 is 5.97 Å². The molecule has 1 aliphatic rings. The van der Waals surface area contributed by atoms with Crippen LogP contribution in [0.4, 0.5) is 0 Å². The number of ether oxygens (including phenoxy) is 3. The molecule has 0 saturated carbocycles.